The summed E-state index contributed by atoms with van der Waals surface area (Å²) in [5, 5.41) is 8.28. The zero-order valence-electron chi connectivity index (χ0n) is 12.7. The van der Waals surface area contributed by atoms with Gasteiger partial charge in [0, 0.05) is 23.3 Å². The molecule has 0 fully saturated rings. The van der Waals surface area contributed by atoms with E-state index < -0.39 is 0 Å². The Kier molecular flexibility index (Phi) is 3.95. The molecule has 1 N–H and O–H groups in total. The van der Waals surface area contributed by atoms with Crippen LogP contribution in [0.2, 0.25) is 0 Å². The molecule has 0 radical (unpaired) electrons. The van der Waals surface area contributed by atoms with Crippen molar-refractivity contribution < 1.29 is 0 Å². The van der Waals surface area contributed by atoms with Crippen LogP contribution < -0.4 is 5.32 Å². The highest BCUT2D eigenvalue weighted by atomic mass is 15.3. The van der Waals surface area contributed by atoms with Gasteiger partial charge in [-0.2, -0.15) is 5.10 Å². The first-order valence-electron chi connectivity index (χ1n) is 7.01. The SMILES string of the molecule is Cc1nn(C2C=CC=CC2)c(C)c1CNC(C)(C)C. The fourth-order valence-corrected chi connectivity index (χ4v) is 2.38. The van der Waals surface area contributed by atoms with Gasteiger partial charge in [0.25, 0.3) is 0 Å². The fraction of sp³-hybridized carbons (Fsp3) is 0.562. The van der Waals surface area contributed by atoms with Gasteiger partial charge in [-0.25, -0.2) is 0 Å². The summed E-state index contributed by atoms with van der Waals surface area (Å²) in [4.78, 5) is 0. The van der Waals surface area contributed by atoms with Crippen LogP contribution in [0.15, 0.2) is 24.3 Å². The Morgan fingerprint density at radius 3 is 2.63 bits per heavy atom. The van der Waals surface area contributed by atoms with E-state index in [2.05, 4.69) is 68.9 Å². The lowest BCUT2D eigenvalue weighted by Gasteiger charge is -2.21. The molecule has 0 aromatic carbocycles. The number of aromatic nitrogens is 2. The van der Waals surface area contributed by atoms with Crippen molar-refractivity contribution in [1.82, 2.24) is 15.1 Å². The Morgan fingerprint density at radius 1 is 1.32 bits per heavy atom. The largest absolute Gasteiger partial charge is 0.308 e. The minimum absolute atomic E-state index is 0.133. The number of aryl methyl sites for hydroxylation is 1. The van der Waals surface area contributed by atoms with E-state index in [9.17, 15) is 0 Å². The summed E-state index contributed by atoms with van der Waals surface area (Å²) in [5.74, 6) is 0. The molecule has 19 heavy (non-hydrogen) atoms. The second kappa shape index (κ2) is 5.33. The molecule has 1 atom stereocenters. The topological polar surface area (TPSA) is 29.9 Å². The first-order valence-corrected chi connectivity index (χ1v) is 7.01. The molecule has 0 amide bonds. The van der Waals surface area contributed by atoms with Crippen LogP contribution in [0.25, 0.3) is 0 Å². The summed E-state index contributed by atoms with van der Waals surface area (Å²) >= 11 is 0. The number of nitrogens with zero attached hydrogens (tertiary/aromatic N) is 2. The quantitative estimate of drug-likeness (QED) is 0.901. The van der Waals surface area contributed by atoms with E-state index in [0.717, 1.165) is 18.7 Å². The monoisotopic (exact) mass is 259 g/mol. The van der Waals surface area contributed by atoms with E-state index in [1.54, 1.807) is 0 Å². The molecule has 3 nitrogen and oxygen atoms in total. The van der Waals surface area contributed by atoms with Crippen LogP contribution in [0.3, 0.4) is 0 Å². The number of hydrogen-bond donors (Lipinski definition) is 1. The Balaban J connectivity index is 2.19. The molecule has 0 saturated heterocycles. The van der Waals surface area contributed by atoms with Gasteiger partial charge in [-0.15, -0.1) is 0 Å². The molecule has 0 bridgehead atoms. The van der Waals surface area contributed by atoms with Gasteiger partial charge in [-0.3, -0.25) is 4.68 Å². The third kappa shape index (κ3) is 3.35. The minimum Gasteiger partial charge on any atom is -0.308 e. The number of allylic oxidation sites excluding steroid dienone is 4. The van der Waals surface area contributed by atoms with Crippen LogP contribution in [-0.2, 0) is 6.54 Å². The third-order valence-electron chi connectivity index (χ3n) is 3.54. The maximum absolute atomic E-state index is 4.73. The zero-order valence-corrected chi connectivity index (χ0v) is 12.7. The molecular weight excluding hydrogens is 234 g/mol. The van der Waals surface area contributed by atoms with Gasteiger partial charge in [0.2, 0.25) is 0 Å². The molecule has 3 heteroatoms. The van der Waals surface area contributed by atoms with Crippen molar-refractivity contribution >= 4 is 0 Å². The Morgan fingerprint density at radius 2 is 2.05 bits per heavy atom. The molecule has 0 saturated carbocycles. The van der Waals surface area contributed by atoms with Gasteiger partial charge >= 0.3 is 0 Å². The smallest absolute Gasteiger partial charge is 0.0740 e. The molecule has 1 aliphatic carbocycles. The third-order valence-corrected chi connectivity index (χ3v) is 3.54. The van der Waals surface area contributed by atoms with Crippen LogP contribution >= 0.6 is 0 Å². The lowest BCUT2D eigenvalue weighted by Crippen LogP contribution is -2.35. The van der Waals surface area contributed by atoms with Crippen molar-refractivity contribution in [3.8, 4) is 0 Å². The Labute approximate surface area is 116 Å². The maximum Gasteiger partial charge on any atom is 0.0740 e. The van der Waals surface area contributed by atoms with Gasteiger partial charge in [0.15, 0.2) is 0 Å². The van der Waals surface area contributed by atoms with Crippen LogP contribution in [0.5, 0.6) is 0 Å². The van der Waals surface area contributed by atoms with Crippen LogP contribution in [0, 0.1) is 13.8 Å². The first kappa shape index (κ1) is 14.1. The second-order valence-corrected chi connectivity index (χ2v) is 6.31. The second-order valence-electron chi connectivity index (χ2n) is 6.31. The van der Waals surface area contributed by atoms with Gasteiger partial charge in [0.05, 0.1) is 11.7 Å². The predicted octanol–water partition coefficient (Wildman–Crippen LogP) is 3.45. The van der Waals surface area contributed by atoms with Crippen molar-refractivity contribution in [2.75, 3.05) is 0 Å². The van der Waals surface area contributed by atoms with Crippen molar-refractivity contribution in [3.63, 3.8) is 0 Å². The summed E-state index contributed by atoms with van der Waals surface area (Å²) in [6.07, 6.45) is 9.67. The molecular formula is C16H25N3. The molecule has 1 unspecified atom stereocenters. The van der Waals surface area contributed by atoms with Gasteiger partial charge < -0.3 is 5.32 Å². The summed E-state index contributed by atoms with van der Waals surface area (Å²) in [5.41, 5.74) is 3.88. The highest BCUT2D eigenvalue weighted by Gasteiger charge is 2.18. The molecule has 0 spiro atoms. The minimum atomic E-state index is 0.133. The van der Waals surface area contributed by atoms with E-state index in [1.807, 2.05) is 0 Å². The van der Waals surface area contributed by atoms with Crippen LogP contribution in [0.1, 0.15) is 50.2 Å². The van der Waals surface area contributed by atoms with Crippen molar-refractivity contribution in [2.45, 2.75) is 59.2 Å². The van der Waals surface area contributed by atoms with E-state index in [1.165, 1.54) is 11.3 Å². The fourth-order valence-electron chi connectivity index (χ4n) is 2.38. The normalized spacial score (nSPS) is 19.1. The van der Waals surface area contributed by atoms with Crippen LogP contribution in [0.4, 0.5) is 0 Å². The molecule has 1 heterocycles. The molecule has 104 valence electrons. The van der Waals surface area contributed by atoms with E-state index in [4.69, 9.17) is 5.10 Å². The summed E-state index contributed by atoms with van der Waals surface area (Å²) in [6.45, 7) is 11.7. The van der Waals surface area contributed by atoms with Gasteiger partial charge in [-0.05, 0) is 41.0 Å². The zero-order chi connectivity index (χ0) is 14.0. The average Bonchev–Trinajstić information content (AvgIpc) is 2.63. The summed E-state index contributed by atoms with van der Waals surface area (Å²) in [6, 6.07) is 0.368. The lowest BCUT2D eigenvalue weighted by molar-refractivity contribution is 0.423. The summed E-state index contributed by atoms with van der Waals surface area (Å²) < 4.78 is 2.16. The maximum atomic E-state index is 4.73. The summed E-state index contributed by atoms with van der Waals surface area (Å²) in [7, 11) is 0. The van der Waals surface area contributed by atoms with Gasteiger partial charge in [-0.1, -0.05) is 24.3 Å². The highest BCUT2D eigenvalue weighted by Crippen LogP contribution is 2.23. The van der Waals surface area contributed by atoms with Crippen LogP contribution in [-0.4, -0.2) is 15.3 Å². The number of hydrogen-bond acceptors (Lipinski definition) is 2. The van der Waals surface area contributed by atoms with Crippen molar-refractivity contribution in [3.05, 3.63) is 41.3 Å². The lowest BCUT2D eigenvalue weighted by atomic mass is 10.1. The average molecular weight is 259 g/mol. The van der Waals surface area contributed by atoms with Crippen molar-refractivity contribution in [2.24, 2.45) is 0 Å². The Hall–Kier alpha value is -1.35. The molecule has 1 aromatic rings. The molecule has 1 aromatic heterocycles. The van der Waals surface area contributed by atoms with E-state index in [0.29, 0.717) is 6.04 Å². The molecule has 0 aliphatic heterocycles. The number of rotatable bonds is 3. The van der Waals surface area contributed by atoms with E-state index in [-0.39, 0.29) is 5.54 Å². The standard InChI is InChI=1S/C16H25N3/c1-12-15(11-17-16(3,4)5)13(2)19(18-12)14-9-7-6-8-10-14/h6-9,14,17H,10-11H2,1-5H3. The number of nitrogens with one attached hydrogen (secondary N) is 1. The Bertz CT molecular complexity index is 501. The first-order chi connectivity index (χ1) is 8.88. The molecule has 1 aliphatic rings. The van der Waals surface area contributed by atoms with Gasteiger partial charge in [0.1, 0.15) is 0 Å². The molecule has 2 rings (SSSR count). The predicted molar refractivity (Wildman–Crippen MR) is 80.2 cm³/mol. The highest BCUT2D eigenvalue weighted by molar-refractivity contribution is 5.26. The van der Waals surface area contributed by atoms with E-state index >= 15 is 0 Å². The van der Waals surface area contributed by atoms with Crippen molar-refractivity contribution in [1.29, 1.82) is 0 Å².